The lowest BCUT2D eigenvalue weighted by molar-refractivity contribution is -0.141. The second-order valence-corrected chi connectivity index (χ2v) is 7.35. The zero-order chi connectivity index (χ0) is 15.9. The highest BCUT2D eigenvalue weighted by molar-refractivity contribution is 8.14. The minimum atomic E-state index is -0.834. The molecule has 3 atom stereocenters. The van der Waals surface area contributed by atoms with E-state index in [2.05, 4.69) is 4.99 Å². The highest BCUT2D eigenvalue weighted by Gasteiger charge is 2.41. The molecule has 1 aromatic rings. The number of phenols is 1. The van der Waals surface area contributed by atoms with Gasteiger partial charge < -0.3 is 10.2 Å². The molecule has 2 heterocycles. The summed E-state index contributed by atoms with van der Waals surface area (Å²) in [6.45, 7) is 0. The van der Waals surface area contributed by atoms with Crippen molar-refractivity contribution in [1.29, 1.82) is 0 Å². The molecule has 2 aliphatic heterocycles. The van der Waals surface area contributed by atoms with Gasteiger partial charge in [0.25, 0.3) is 0 Å². The number of rotatable bonds is 3. The van der Waals surface area contributed by atoms with Crippen LogP contribution in [0.1, 0.15) is 5.56 Å². The third kappa shape index (κ3) is 2.70. The van der Waals surface area contributed by atoms with E-state index in [1.165, 1.54) is 30.0 Å². The van der Waals surface area contributed by atoms with Crippen LogP contribution in [0.3, 0.4) is 0 Å². The number of hydrogen-bond donors (Lipinski definition) is 2. The van der Waals surface area contributed by atoms with Gasteiger partial charge in [0.1, 0.15) is 22.7 Å². The van der Waals surface area contributed by atoms with Gasteiger partial charge in [-0.05, 0) is 19.2 Å². The fraction of sp³-hybridized carbons (Fsp3) is 0.429. The first-order valence-corrected chi connectivity index (χ1v) is 8.77. The fourth-order valence-corrected chi connectivity index (χ4v) is 5.41. The van der Waals surface area contributed by atoms with Crippen LogP contribution in [-0.2, 0) is 4.79 Å². The second kappa shape index (κ2) is 6.10. The van der Waals surface area contributed by atoms with Crippen LogP contribution >= 0.6 is 23.5 Å². The van der Waals surface area contributed by atoms with Gasteiger partial charge in [-0.3, -0.25) is 14.7 Å². The standard InChI is InChI=1S/C14H15FN2O3S2/c1-17-9(14(19)20)6-22-13(17)8-5-21-12(16-8)11-7(15)3-2-4-10(11)18/h2-4,8-9,13,18H,5-6H2,1H3,(H,19,20)/t8?,9-,13-/m1/s1. The maximum Gasteiger partial charge on any atom is 0.321 e. The molecule has 1 saturated heterocycles. The number of carboxylic acid groups (broad SMARTS) is 1. The Balaban J connectivity index is 1.82. The Morgan fingerprint density at radius 3 is 2.86 bits per heavy atom. The van der Waals surface area contributed by atoms with Crippen molar-refractivity contribution in [3.05, 3.63) is 29.6 Å². The minimum absolute atomic E-state index is 0.0417. The largest absolute Gasteiger partial charge is 0.507 e. The summed E-state index contributed by atoms with van der Waals surface area (Å²) in [4.78, 5) is 17.5. The third-order valence-electron chi connectivity index (χ3n) is 3.81. The Labute approximate surface area is 135 Å². The lowest BCUT2D eigenvalue weighted by Crippen LogP contribution is -2.42. The Hall–Kier alpha value is -1.25. The van der Waals surface area contributed by atoms with E-state index in [-0.39, 0.29) is 22.7 Å². The summed E-state index contributed by atoms with van der Waals surface area (Å²) in [6.07, 6.45) is 0. The number of nitrogens with zero attached hydrogens (tertiary/aromatic N) is 2. The van der Waals surface area contributed by atoms with Crippen molar-refractivity contribution in [3.63, 3.8) is 0 Å². The third-order valence-corrected chi connectivity index (χ3v) is 6.40. The van der Waals surface area contributed by atoms with E-state index < -0.39 is 17.8 Å². The molecule has 1 unspecified atom stereocenters. The first-order chi connectivity index (χ1) is 10.5. The van der Waals surface area contributed by atoms with Crippen LogP contribution in [-0.4, -0.2) is 62.1 Å². The average molecular weight is 342 g/mol. The number of aromatic hydroxyl groups is 1. The first kappa shape index (κ1) is 15.6. The van der Waals surface area contributed by atoms with Gasteiger partial charge in [-0.15, -0.1) is 23.5 Å². The summed E-state index contributed by atoms with van der Waals surface area (Å²) in [5.41, 5.74) is 0.135. The zero-order valence-corrected chi connectivity index (χ0v) is 13.4. The summed E-state index contributed by atoms with van der Waals surface area (Å²) < 4.78 is 13.9. The Kier molecular flexibility index (Phi) is 4.33. The number of halogens is 1. The molecule has 0 aromatic heterocycles. The van der Waals surface area contributed by atoms with E-state index in [0.717, 1.165) is 0 Å². The maximum atomic E-state index is 13.9. The highest BCUT2D eigenvalue weighted by Crippen LogP contribution is 2.38. The quantitative estimate of drug-likeness (QED) is 0.873. The Bertz CT molecular complexity index is 620. The molecule has 0 aliphatic carbocycles. The van der Waals surface area contributed by atoms with Crippen molar-refractivity contribution in [2.45, 2.75) is 17.5 Å². The number of thioether (sulfide) groups is 2. The van der Waals surface area contributed by atoms with Gasteiger partial charge in [0.2, 0.25) is 0 Å². The second-order valence-electron chi connectivity index (χ2n) is 5.19. The van der Waals surface area contributed by atoms with Gasteiger partial charge in [-0.25, -0.2) is 4.39 Å². The van der Waals surface area contributed by atoms with E-state index in [4.69, 9.17) is 5.11 Å². The molecule has 0 saturated carbocycles. The molecular formula is C14H15FN2O3S2. The van der Waals surface area contributed by atoms with Crippen molar-refractivity contribution in [2.75, 3.05) is 18.6 Å². The van der Waals surface area contributed by atoms with Crippen molar-refractivity contribution >= 4 is 34.5 Å². The number of hydrogen-bond acceptors (Lipinski definition) is 6. The van der Waals surface area contributed by atoms with Crippen LogP contribution in [0.2, 0.25) is 0 Å². The summed E-state index contributed by atoms with van der Waals surface area (Å²) in [6, 6.07) is 3.55. The van der Waals surface area contributed by atoms with Crippen LogP contribution in [0.5, 0.6) is 5.75 Å². The molecule has 22 heavy (non-hydrogen) atoms. The molecule has 0 spiro atoms. The maximum absolute atomic E-state index is 13.9. The molecule has 5 nitrogen and oxygen atoms in total. The predicted octanol–water partition coefficient (Wildman–Crippen LogP) is 1.85. The van der Waals surface area contributed by atoms with Gasteiger partial charge in [0.15, 0.2) is 0 Å². The van der Waals surface area contributed by atoms with Gasteiger partial charge in [0.05, 0.1) is 17.0 Å². The number of carboxylic acids is 1. The molecule has 0 amide bonds. The number of carbonyl (C=O) groups is 1. The van der Waals surface area contributed by atoms with Crippen LogP contribution < -0.4 is 0 Å². The van der Waals surface area contributed by atoms with Crippen LogP contribution in [0.25, 0.3) is 0 Å². The van der Waals surface area contributed by atoms with E-state index in [1.807, 2.05) is 4.90 Å². The number of phenolic OH excluding ortho intramolecular Hbond substituents is 1. The molecule has 2 N–H and O–H groups in total. The SMILES string of the molecule is CN1[C@@H](C(=O)O)CS[C@@H]1C1CSC(c2c(O)cccc2F)=N1. The van der Waals surface area contributed by atoms with E-state index in [9.17, 15) is 14.3 Å². The fourth-order valence-electron chi connectivity index (χ4n) is 2.63. The summed E-state index contributed by atoms with van der Waals surface area (Å²) in [5, 5.41) is 19.4. The van der Waals surface area contributed by atoms with Crippen molar-refractivity contribution < 1.29 is 19.4 Å². The van der Waals surface area contributed by atoms with Crippen molar-refractivity contribution in [2.24, 2.45) is 4.99 Å². The topological polar surface area (TPSA) is 73.1 Å². The van der Waals surface area contributed by atoms with Crippen LogP contribution in [0, 0.1) is 5.82 Å². The molecule has 0 bridgehead atoms. The molecular weight excluding hydrogens is 327 g/mol. The van der Waals surface area contributed by atoms with E-state index >= 15 is 0 Å². The monoisotopic (exact) mass is 342 g/mol. The average Bonchev–Trinajstić information content (AvgIpc) is 3.05. The lowest BCUT2D eigenvalue weighted by atomic mass is 10.2. The van der Waals surface area contributed by atoms with Crippen LogP contribution in [0.15, 0.2) is 23.2 Å². The summed E-state index contributed by atoms with van der Waals surface area (Å²) in [7, 11) is 1.78. The molecule has 8 heteroatoms. The van der Waals surface area contributed by atoms with Gasteiger partial charge in [-0.2, -0.15) is 0 Å². The number of aliphatic carboxylic acids is 1. The zero-order valence-electron chi connectivity index (χ0n) is 11.8. The molecule has 0 radical (unpaired) electrons. The van der Waals surface area contributed by atoms with Crippen LogP contribution in [0.4, 0.5) is 4.39 Å². The van der Waals surface area contributed by atoms with E-state index in [1.54, 1.807) is 18.8 Å². The van der Waals surface area contributed by atoms with Gasteiger partial charge in [0, 0.05) is 11.5 Å². The number of benzene rings is 1. The van der Waals surface area contributed by atoms with Crippen molar-refractivity contribution in [3.8, 4) is 5.75 Å². The van der Waals surface area contributed by atoms with E-state index in [0.29, 0.717) is 16.5 Å². The molecule has 1 fully saturated rings. The summed E-state index contributed by atoms with van der Waals surface area (Å²) in [5.74, 6) is -0.283. The predicted molar refractivity (Wildman–Crippen MR) is 86.3 cm³/mol. The number of aliphatic imine (C=N–C) groups is 1. The molecule has 1 aromatic carbocycles. The molecule has 2 aliphatic rings. The Morgan fingerprint density at radius 1 is 1.45 bits per heavy atom. The smallest absolute Gasteiger partial charge is 0.321 e. The summed E-state index contributed by atoms with van der Waals surface area (Å²) >= 11 is 2.95. The first-order valence-electron chi connectivity index (χ1n) is 6.74. The molecule has 118 valence electrons. The Morgan fingerprint density at radius 2 is 2.23 bits per heavy atom. The van der Waals surface area contributed by atoms with Gasteiger partial charge >= 0.3 is 5.97 Å². The van der Waals surface area contributed by atoms with Crippen molar-refractivity contribution in [1.82, 2.24) is 4.90 Å². The minimum Gasteiger partial charge on any atom is -0.507 e. The molecule has 3 rings (SSSR count). The highest BCUT2D eigenvalue weighted by atomic mass is 32.2. The van der Waals surface area contributed by atoms with Gasteiger partial charge in [-0.1, -0.05) is 6.07 Å². The lowest BCUT2D eigenvalue weighted by Gasteiger charge is -2.24. The normalized spacial score (nSPS) is 28.8. The number of likely N-dealkylation sites (N-methyl/N-ethyl adjacent to an activating group) is 1.